The van der Waals surface area contributed by atoms with Crippen LogP contribution in [0, 0.1) is 0 Å². The Morgan fingerprint density at radius 3 is 2.81 bits per heavy atom. The van der Waals surface area contributed by atoms with Crippen LogP contribution in [0.25, 0.3) is 6.08 Å². The van der Waals surface area contributed by atoms with Crippen LogP contribution in [0.1, 0.15) is 44.6 Å². The number of nitrogens with one attached hydrogen (secondary N) is 1. The highest BCUT2D eigenvalue weighted by Gasteiger charge is 2.25. The molecule has 0 aromatic heterocycles. The molecule has 7 heteroatoms. The van der Waals surface area contributed by atoms with Gasteiger partial charge in [0.05, 0.1) is 29.1 Å². The molecule has 0 atom stereocenters. The van der Waals surface area contributed by atoms with Crippen molar-refractivity contribution in [3.63, 3.8) is 0 Å². The highest BCUT2D eigenvalue weighted by molar-refractivity contribution is 9.10. The molecule has 1 saturated heterocycles. The van der Waals surface area contributed by atoms with Crippen LogP contribution in [0.3, 0.4) is 0 Å². The van der Waals surface area contributed by atoms with Crippen LogP contribution in [0.5, 0.6) is 11.5 Å². The molecule has 1 amide bonds. The van der Waals surface area contributed by atoms with E-state index < -0.39 is 0 Å². The van der Waals surface area contributed by atoms with Crippen molar-refractivity contribution in [3.8, 4) is 11.5 Å². The molecule has 1 N–H and O–H groups in total. The number of hydrogen-bond donors (Lipinski definition) is 1. The average molecular weight is 439 g/mol. The van der Waals surface area contributed by atoms with Gasteiger partial charge in [-0.15, -0.1) is 0 Å². The second kappa shape index (κ2) is 8.95. The first-order valence-electron chi connectivity index (χ1n) is 8.89. The summed E-state index contributed by atoms with van der Waals surface area (Å²) in [5.74, 6) is 1.20. The Kier molecular flexibility index (Phi) is 6.64. The van der Waals surface area contributed by atoms with E-state index in [1.807, 2.05) is 25.1 Å². The van der Waals surface area contributed by atoms with E-state index in [1.54, 1.807) is 7.11 Å². The van der Waals surface area contributed by atoms with Crippen LogP contribution < -0.4 is 14.8 Å². The van der Waals surface area contributed by atoms with Crippen molar-refractivity contribution < 1.29 is 14.3 Å². The number of hydrogen-bond acceptors (Lipinski definition) is 5. The number of aliphatic imine (C=N–C) groups is 1. The van der Waals surface area contributed by atoms with Gasteiger partial charge < -0.3 is 14.8 Å². The van der Waals surface area contributed by atoms with E-state index in [0.29, 0.717) is 34.2 Å². The summed E-state index contributed by atoms with van der Waals surface area (Å²) in [5.41, 5.74) is 0.873. The maximum atomic E-state index is 12.3. The molecule has 0 unspecified atom stereocenters. The van der Waals surface area contributed by atoms with Gasteiger partial charge in [-0.3, -0.25) is 9.79 Å². The van der Waals surface area contributed by atoms with Gasteiger partial charge in [-0.1, -0.05) is 19.3 Å². The fourth-order valence-corrected chi connectivity index (χ4v) is 4.66. The van der Waals surface area contributed by atoms with Crippen molar-refractivity contribution in [1.29, 1.82) is 0 Å². The van der Waals surface area contributed by atoms with Crippen LogP contribution in [0.15, 0.2) is 26.5 Å². The lowest BCUT2D eigenvalue weighted by Crippen LogP contribution is -2.22. The third-order valence-electron chi connectivity index (χ3n) is 4.36. The van der Waals surface area contributed by atoms with E-state index in [1.165, 1.54) is 31.0 Å². The van der Waals surface area contributed by atoms with Crippen molar-refractivity contribution in [2.45, 2.75) is 45.1 Å². The highest BCUT2D eigenvalue weighted by Crippen LogP contribution is 2.38. The molecule has 0 spiro atoms. The first kappa shape index (κ1) is 19.3. The molecule has 140 valence electrons. The Hall–Kier alpha value is -1.47. The van der Waals surface area contributed by atoms with Gasteiger partial charge in [-0.05, 0) is 71.2 Å². The Morgan fingerprint density at radius 2 is 2.12 bits per heavy atom. The molecule has 5 nitrogen and oxygen atoms in total. The molecule has 1 aliphatic carbocycles. The second-order valence-electron chi connectivity index (χ2n) is 6.26. The van der Waals surface area contributed by atoms with E-state index in [0.717, 1.165) is 22.9 Å². The number of halogens is 1. The van der Waals surface area contributed by atoms with Crippen LogP contribution in [-0.4, -0.2) is 30.8 Å². The first-order chi connectivity index (χ1) is 12.6. The topological polar surface area (TPSA) is 59.9 Å². The summed E-state index contributed by atoms with van der Waals surface area (Å²) in [6, 6.07) is 4.13. The van der Waals surface area contributed by atoms with Crippen molar-refractivity contribution in [2.24, 2.45) is 4.99 Å². The summed E-state index contributed by atoms with van der Waals surface area (Å²) < 4.78 is 11.8. The molecule has 1 saturated carbocycles. The number of carbonyl (C=O) groups excluding carboxylic acids is 1. The Morgan fingerprint density at radius 1 is 1.35 bits per heavy atom. The number of amidine groups is 1. The molecule has 0 radical (unpaired) electrons. The number of rotatable bonds is 5. The minimum absolute atomic E-state index is 0.102. The maximum Gasteiger partial charge on any atom is 0.264 e. The first-order valence-corrected chi connectivity index (χ1v) is 10.5. The molecule has 2 fully saturated rings. The fourth-order valence-electron chi connectivity index (χ4n) is 3.15. The van der Waals surface area contributed by atoms with Crippen LogP contribution in [0.4, 0.5) is 0 Å². The molecule has 1 aromatic carbocycles. The van der Waals surface area contributed by atoms with Crippen molar-refractivity contribution in [3.05, 3.63) is 27.1 Å². The third kappa shape index (κ3) is 4.62. The predicted octanol–water partition coefficient (Wildman–Crippen LogP) is 4.75. The standard InChI is InChI=1S/C19H23BrN2O3S/c1-3-25-15-10-12(9-14(20)17(15)24-2)11-16-18(23)22-19(26-16)21-13-7-5-4-6-8-13/h9-11,13H,3-8H2,1-2H3,(H,21,22,23)/b16-11-. The summed E-state index contributed by atoms with van der Waals surface area (Å²) in [5, 5.41) is 3.60. The fraction of sp³-hybridized carbons (Fsp3) is 0.474. The van der Waals surface area contributed by atoms with Gasteiger partial charge in [-0.25, -0.2) is 0 Å². The van der Waals surface area contributed by atoms with Crippen molar-refractivity contribution in [2.75, 3.05) is 13.7 Å². The molecular weight excluding hydrogens is 416 g/mol. The minimum atomic E-state index is -0.102. The summed E-state index contributed by atoms with van der Waals surface area (Å²) in [6.45, 7) is 2.46. The monoisotopic (exact) mass is 438 g/mol. The molecule has 1 aromatic rings. The lowest BCUT2D eigenvalue weighted by molar-refractivity contribution is -0.115. The van der Waals surface area contributed by atoms with E-state index in [9.17, 15) is 4.79 Å². The molecule has 2 aliphatic rings. The third-order valence-corrected chi connectivity index (χ3v) is 5.87. The predicted molar refractivity (Wildman–Crippen MR) is 110 cm³/mol. The number of amides is 1. The van der Waals surface area contributed by atoms with Gasteiger partial charge in [0.25, 0.3) is 5.91 Å². The SMILES string of the molecule is CCOc1cc(/C=C2\SC(=NC3CCCCC3)NC2=O)cc(Br)c1OC. The molecular formula is C19H23BrN2O3S. The maximum absolute atomic E-state index is 12.3. The van der Waals surface area contributed by atoms with E-state index >= 15 is 0 Å². The second-order valence-corrected chi connectivity index (χ2v) is 8.14. The number of nitrogens with zero attached hydrogens (tertiary/aromatic N) is 1. The molecule has 0 bridgehead atoms. The zero-order valence-electron chi connectivity index (χ0n) is 15.0. The minimum Gasteiger partial charge on any atom is -0.492 e. The van der Waals surface area contributed by atoms with Crippen LogP contribution in [0.2, 0.25) is 0 Å². The number of methoxy groups -OCH3 is 1. The van der Waals surface area contributed by atoms with E-state index in [4.69, 9.17) is 14.5 Å². The number of benzene rings is 1. The lowest BCUT2D eigenvalue weighted by atomic mass is 9.96. The highest BCUT2D eigenvalue weighted by atomic mass is 79.9. The smallest absolute Gasteiger partial charge is 0.264 e. The number of carbonyl (C=O) groups is 1. The molecule has 1 heterocycles. The zero-order valence-corrected chi connectivity index (χ0v) is 17.4. The molecule has 3 rings (SSSR count). The summed E-state index contributed by atoms with van der Waals surface area (Å²) in [6.07, 6.45) is 7.83. The normalized spacial score (nSPS) is 21.3. The zero-order chi connectivity index (χ0) is 18.5. The van der Waals surface area contributed by atoms with Gasteiger partial charge in [0.15, 0.2) is 16.7 Å². The van der Waals surface area contributed by atoms with Crippen molar-refractivity contribution >= 4 is 44.8 Å². The summed E-state index contributed by atoms with van der Waals surface area (Å²) in [7, 11) is 1.61. The van der Waals surface area contributed by atoms with Gasteiger partial charge in [0.1, 0.15) is 0 Å². The Balaban J connectivity index is 1.81. The number of thioether (sulfide) groups is 1. The largest absolute Gasteiger partial charge is 0.492 e. The molecule has 26 heavy (non-hydrogen) atoms. The van der Waals surface area contributed by atoms with Gasteiger partial charge in [-0.2, -0.15) is 0 Å². The van der Waals surface area contributed by atoms with Crippen LogP contribution >= 0.6 is 27.7 Å². The Bertz CT molecular complexity index is 743. The summed E-state index contributed by atoms with van der Waals surface area (Å²) in [4.78, 5) is 17.7. The quantitative estimate of drug-likeness (QED) is 0.673. The summed E-state index contributed by atoms with van der Waals surface area (Å²) >= 11 is 4.91. The molecule has 1 aliphatic heterocycles. The lowest BCUT2D eigenvalue weighted by Gasteiger charge is -2.17. The van der Waals surface area contributed by atoms with E-state index in [-0.39, 0.29) is 5.91 Å². The number of ether oxygens (including phenoxy) is 2. The van der Waals surface area contributed by atoms with Gasteiger partial charge in [0.2, 0.25) is 0 Å². The van der Waals surface area contributed by atoms with Gasteiger partial charge in [0, 0.05) is 0 Å². The van der Waals surface area contributed by atoms with Crippen molar-refractivity contribution in [1.82, 2.24) is 5.32 Å². The Labute approximate surface area is 166 Å². The van der Waals surface area contributed by atoms with Gasteiger partial charge >= 0.3 is 0 Å². The van der Waals surface area contributed by atoms with E-state index in [2.05, 4.69) is 21.2 Å². The average Bonchev–Trinajstić information content (AvgIpc) is 2.95. The van der Waals surface area contributed by atoms with Crippen LogP contribution in [-0.2, 0) is 4.79 Å².